The first-order valence-electron chi connectivity index (χ1n) is 6.99. The minimum absolute atomic E-state index is 0.0241. The van der Waals surface area contributed by atoms with Crippen molar-refractivity contribution in [2.75, 3.05) is 13.2 Å². The highest BCUT2D eigenvalue weighted by molar-refractivity contribution is 5.19. The standard InChI is InChI=1S/C15H20N4O/c1-11-3-2-5-18-13(11)8-19-10-17-7-14(19)15(16)12-4-6-20-9-12/h2-3,5,7,10,12,15H,4,6,8-9,16H2,1H3. The van der Waals surface area contributed by atoms with E-state index in [1.165, 1.54) is 5.56 Å². The molecule has 2 unspecified atom stereocenters. The molecule has 2 aromatic rings. The van der Waals surface area contributed by atoms with E-state index in [4.69, 9.17) is 10.5 Å². The molecule has 0 radical (unpaired) electrons. The van der Waals surface area contributed by atoms with Crippen LogP contribution in [-0.4, -0.2) is 27.7 Å². The first-order chi connectivity index (χ1) is 9.75. The molecule has 2 aromatic heterocycles. The number of pyridine rings is 1. The molecule has 5 nitrogen and oxygen atoms in total. The van der Waals surface area contributed by atoms with Crippen molar-refractivity contribution in [3.8, 4) is 0 Å². The van der Waals surface area contributed by atoms with Crippen molar-refractivity contribution in [2.45, 2.75) is 25.9 Å². The van der Waals surface area contributed by atoms with Gasteiger partial charge in [0.2, 0.25) is 0 Å². The molecular weight excluding hydrogens is 252 g/mol. The number of rotatable bonds is 4. The van der Waals surface area contributed by atoms with Crippen LogP contribution in [0.15, 0.2) is 30.9 Å². The van der Waals surface area contributed by atoms with Gasteiger partial charge in [-0.1, -0.05) is 6.07 Å². The van der Waals surface area contributed by atoms with E-state index >= 15 is 0 Å². The molecule has 106 valence electrons. The summed E-state index contributed by atoms with van der Waals surface area (Å²) in [4.78, 5) is 8.69. The van der Waals surface area contributed by atoms with E-state index in [1.807, 2.05) is 24.8 Å². The lowest BCUT2D eigenvalue weighted by Crippen LogP contribution is -2.24. The second-order valence-electron chi connectivity index (χ2n) is 5.36. The minimum atomic E-state index is -0.0241. The number of ether oxygens (including phenoxy) is 1. The van der Waals surface area contributed by atoms with Gasteiger partial charge in [0.1, 0.15) is 0 Å². The van der Waals surface area contributed by atoms with Crippen LogP contribution in [0.2, 0.25) is 0 Å². The third-order valence-electron chi connectivity index (χ3n) is 4.00. The summed E-state index contributed by atoms with van der Waals surface area (Å²) in [7, 11) is 0. The largest absolute Gasteiger partial charge is 0.381 e. The molecule has 1 aliphatic heterocycles. The lowest BCUT2D eigenvalue weighted by atomic mass is 9.97. The van der Waals surface area contributed by atoms with Crippen LogP contribution in [-0.2, 0) is 11.3 Å². The van der Waals surface area contributed by atoms with Crippen molar-refractivity contribution in [1.82, 2.24) is 14.5 Å². The normalized spacial score (nSPS) is 20.2. The molecular formula is C15H20N4O. The fraction of sp³-hybridized carbons (Fsp3) is 0.467. The maximum absolute atomic E-state index is 6.38. The summed E-state index contributed by atoms with van der Waals surface area (Å²) in [6.45, 7) is 4.34. The highest BCUT2D eigenvalue weighted by Gasteiger charge is 2.26. The van der Waals surface area contributed by atoms with Gasteiger partial charge in [0.05, 0.1) is 36.9 Å². The predicted molar refractivity (Wildman–Crippen MR) is 76.2 cm³/mol. The lowest BCUT2D eigenvalue weighted by Gasteiger charge is -2.19. The van der Waals surface area contributed by atoms with Gasteiger partial charge in [0.25, 0.3) is 0 Å². The van der Waals surface area contributed by atoms with Gasteiger partial charge in [-0.2, -0.15) is 0 Å². The molecule has 3 rings (SSSR count). The molecule has 2 atom stereocenters. The number of nitrogens with two attached hydrogens (primary N) is 1. The summed E-state index contributed by atoms with van der Waals surface area (Å²) in [6, 6.07) is 4.00. The molecule has 0 saturated carbocycles. The molecule has 1 aliphatic rings. The van der Waals surface area contributed by atoms with Crippen molar-refractivity contribution in [1.29, 1.82) is 0 Å². The van der Waals surface area contributed by atoms with Gasteiger partial charge in [0, 0.05) is 24.9 Å². The van der Waals surface area contributed by atoms with Gasteiger partial charge in [-0.15, -0.1) is 0 Å². The molecule has 1 fully saturated rings. The van der Waals surface area contributed by atoms with Crippen LogP contribution >= 0.6 is 0 Å². The highest BCUT2D eigenvalue weighted by Crippen LogP contribution is 2.26. The van der Waals surface area contributed by atoms with Crippen molar-refractivity contribution in [3.63, 3.8) is 0 Å². The molecule has 0 aliphatic carbocycles. The second-order valence-corrected chi connectivity index (χ2v) is 5.36. The summed E-state index contributed by atoms with van der Waals surface area (Å²) >= 11 is 0. The van der Waals surface area contributed by atoms with Gasteiger partial charge in [-0.3, -0.25) is 4.98 Å². The van der Waals surface area contributed by atoms with Crippen LogP contribution in [0, 0.1) is 12.8 Å². The molecule has 2 N–H and O–H groups in total. The van der Waals surface area contributed by atoms with Crippen molar-refractivity contribution in [2.24, 2.45) is 11.7 Å². The van der Waals surface area contributed by atoms with Crippen molar-refractivity contribution >= 4 is 0 Å². The summed E-state index contributed by atoms with van der Waals surface area (Å²) in [6.07, 6.45) is 6.54. The van der Waals surface area contributed by atoms with E-state index < -0.39 is 0 Å². The highest BCUT2D eigenvalue weighted by atomic mass is 16.5. The zero-order chi connectivity index (χ0) is 13.9. The minimum Gasteiger partial charge on any atom is -0.381 e. The van der Waals surface area contributed by atoms with Gasteiger partial charge in [0.15, 0.2) is 0 Å². The van der Waals surface area contributed by atoms with Crippen LogP contribution in [0.5, 0.6) is 0 Å². The Kier molecular flexibility index (Phi) is 3.80. The molecule has 0 bridgehead atoms. The quantitative estimate of drug-likeness (QED) is 0.919. The van der Waals surface area contributed by atoms with Crippen LogP contribution in [0.3, 0.4) is 0 Å². The van der Waals surface area contributed by atoms with Crippen LogP contribution in [0.4, 0.5) is 0 Å². The molecule has 1 saturated heterocycles. The number of hydrogen-bond donors (Lipinski definition) is 1. The smallest absolute Gasteiger partial charge is 0.0952 e. The van der Waals surface area contributed by atoms with E-state index in [-0.39, 0.29) is 6.04 Å². The summed E-state index contributed by atoms with van der Waals surface area (Å²) in [5.74, 6) is 0.385. The number of nitrogens with zero attached hydrogens (tertiary/aromatic N) is 3. The van der Waals surface area contributed by atoms with Gasteiger partial charge >= 0.3 is 0 Å². The van der Waals surface area contributed by atoms with Gasteiger partial charge in [-0.25, -0.2) is 4.98 Å². The third kappa shape index (κ3) is 2.59. The van der Waals surface area contributed by atoms with Gasteiger partial charge in [-0.05, 0) is 25.0 Å². The van der Waals surface area contributed by atoms with Gasteiger partial charge < -0.3 is 15.0 Å². The SMILES string of the molecule is Cc1cccnc1Cn1cncc1C(N)C1CCOC1. The summed E-state index contributed by atoms with van der Waals surface area (Å²) in [5, 5.41) is 0. The Hall–Kier alpha value is -1.72. The molecule has 0 spiro atoms. The van der Waals surface area contributed by atoms with E-state index in [0.717, 1.165) is 31.0 Å². The van der Waals surface area contributed by atoms with Crippen molar-refractivity contribution < 1.29 is 4.74 Å². The lowest BCUT2D eigenvalue weighted by molar-refractivity contribution is 0.180. The Morgan fingerprint density at radius 1 is 1.55 bits per heavy atom. The fourth-order valence-electron chi connectivity index (χ4n) is 2.66. The van der Waals surface area contributed by atoms with E-state index in [9.17, 15) is 0 Å². The van der Waals surface area contributed by atoms with Crippen LogP contribution < -0.4 is 5.73 Å². The summed E-state index contributed by atoms with van der Waals surface area (Å²) in [5.41, 5.74) is 9.68. The van der Waals surface area contributed by atoms with Crippen LogP contribution in [0.1, 0.15) is 29.4 Å². The van der Waals surface area contributed by atoms with E-state index in [1.54, 1.807) is 0 Å². The molecule has 0 amide bonds. The Balaban J connectivity index is 1.81. The fourth-order valence-corrected chi connectivity index (χ4v) is 2.66. The first kappa shape index (κ1) is 13.3. The average Bonchev–Trinajstić information content (AvgIpc) is 3.11. The number of hydrogen-bond acceptors (Lipinski definition) is 4. The van der Waals surface area contributed by atoms with Crippen LogP contribution in [0.25, 0.3) is 0 Å². The number of aromatic nitrogens is 3. The molecule has 5 heteroatoms. The number of imidazole rings is 1. The zero-order valence-electron chi connectivity index (χ0n) is 11.7. The maximum Gasteiger partial charge on any atom is 0.0952 e. The Bertz CT molecular complexity index is 575. The summed E-state index contributed by atoms with van der Waals surface area (Å²) < 4.78 is 7.53. The molecule has 20 heavy (non-hydrogen) atoms. The topological polar surface area (TPSA) is 66.0 Å². The zero-order valence-corrected chi connectivity index (χ0v) is 11.7. The van der Waals surface area contributed by atoms with E-state index in [2.05, 4.69) is 27.5 Å². The molecule has 0 aromatic carbocycles. The average molecular weight is 272 g/mol. The number of aryl methyl sites for hydroxylation is 1. The van der Waals surface area contributed by atoms with E-state index in [0.29, 0.717) is 12.5 Å². The Labute approximate surface area is 118 Å². The second kappa shape index (κ2) is 5.73. The predicted octanol–water partition coefficient (Wildman–Crippen LogP) is 1.67. The Morgan fingerprint density at radius 2 is 2.45 bits per heavy atom. The maximum atomic E-state index is 6.38. The third-order valence-corrected chi connectivity index (χ3v) is 4.00. The Morgan fingerprint density at radius 3 is 3.20 bits per heavy atom. The monoisotopic (exact) mass is 272 g/mol. The first-order valence-corrected chi connectivity index (χ1v) is 6.99. The van der Waals surface area contributed by atoms with Crippen molar-refractivity contribution in [3.05, 3.63) is 47.8 Å². The molecule has 3 heterocycles.